The molecule has 0 fully saturated rings. The Bertz CT molecular complexity index is 202. The summed E-state index contributed by atoms with van der Waals surface area (Å²) in [6, 6.07) is -0.942. The number of hydrogen-bond acceptors (Lipinski definition) is 6. The highest BCUT2D eigenvalue weighted by Gasteiger charge is 2.30. The third kappa shape index (κ3) is 6.09. The second-order valence-corrected chi connectivity index (χ2v) is 4.05. The number of aliphatic hydroxyl groups excluding tert-OH is 4. The summed E-state index contributed by atoms with van der Waals surface area (Å²) in [7, 11) is 0. The van der Waals surface area contributed by atoms with Crippen LogP contribution in [0.3, 0.4) is 0 Å². The Balaban J connectivity index is 4.10. The van der Waals surface area contributed by atoms with Gasteiger partial charge < -0.3 is 30.5 Å². The third-order valence-corrected chi connectivity index (χ3v) is 2.61. The highest BCUT2D eigenvalue weighted by molar-refractivity contribution is 5.58. The zero-order valence-electron chi connectivity index (χ0n) is 10.1. The highest BCUT2D eigenvalue weighted by atomic mass is 16.4. The number of aliphatic hydroxyl groups is 4. The largest absolute Gasteiger partial charge is 0.394 e. The van der Waals surface area contributed by atoms with Crippen molar-refractivity contribution in [2.45, 2.75) is 50.5 Å². The quantitative estimate of drug-likeness (QED) is 0.236. The number of carbonyl (C=O) groups is 1. The van der Waals surface area contributed by atoms with E-state index in [0.29, 0.717) is 12.8 Å². The second kappa shape index (κ2) is 9.49. The first kappa shape index (κ1) is 16.5. The molecule has 0 heterocycles. The molecule has 0 amide bonds. The van der Waals surface area contributed by atoms with Gasteiger partial charge in [-0.05, 0) is 13.0 Å². The fourth-order valence-corrected chi connectivity index (χ4v) is 1.44. The van der Waals surface area contributed by atoms with Crippen molar-refractivity contribution < 1.29 is 25.2 Å². The van der Waals surface area contributed by atoms with E-state index in [1.807, 2.05) is 6.92 Å². The molecule has 0 rings (SSSR count). The van der Waals surface area contributed by atoms with Crippen LogP contribution in [0.15, 0.2) is 0 Å². The maximum atomic E-state index is 10.7. The molecule has 0 aliphatic carbocycles. The maximum absolute atomic E-state index is 10.7. The molecule has 0 bridgehead atoms. The van der Waals surface area contributed by atoms with E-state index in [1.54, 1.807) is 0 Å². The molecule has 5 N–H and O–H groups in total. The lowest BCUT2D eigenvalue weighted by atomic mass is 10.0. The Labute approximate surface area is 101 Å². The minimum atomic E-state index is -1.55. The first-order chi connectivity index (χ1) is 8.08. The van der Waals surface area contributed by atoms with E-state index in [1.165, 1.54) is 0 Å². The standard InChI is InChI=1S/C11H23NO5/c1-2-3-4-5-12-8(6-13)10(16)11(17)9(15)7-14/h6,8-12,14-17H,2-5,7H2,1H3/t8-,9+,10+,11-/m0/s1. The van der Waals surface area contributed by atoms with Crippen LogP contribution in [0.5, 0.6) is 0 Å². The van der Waals surface area contributed by atoms with Crippen molar-refractivity contribution in [2.75, 3.05) is 13.2 Å². The summed E-state index contributed by atoms with van der Waals surface area (Å²) in [5.74, 6) is 0. The molecule has 4 atom stereocenters. The van der Waals surface area contributed by atoms with Gasteiger partial charge in [0.05, 0.1) is 12.6 Å². The van der Waals surface area contributed by atoms with Gasteiger partial charge in [-0.25, -0.2) is 0 Å². The lowest BCUT2D eigenvalue weighted by Crippen LogP contribution is -2.52. The van der Waals surface area contributed by atoms with Crippen molar-refractivity contribution in [2.24, 2.45) is 0 Å². The average Bonchev–Trinajstić information content (AvgIpc) is 2.36. The summed E-state index contributed by atoms with van der Waals surface area (Å²) in [4.78, 5) is 10.7. The summed E-state index contributed by atoms with van der Waals surface area (Å²) in [6.45, 7) is 1.93. The van der Waals surface area contributed by atoms with E-state index in [-0.39, 0.29) is 0 Å². The molecular formula is C11H23NO5. The fraction of sp³-hybridized carbons (Fsp3) is 0.909. The van der Waals surface area contributed by atoms with Crippen molar-refractivity contribution in [1.29, 1.82) is 0 Å². The molecule has 0 aromatic heterocycles. The Morgan fingerprint density at radius 3 is 2.29 bits per heavy atom. The molecule has 0 aliphatic rings. The maximum Gasteiger partial charge on any atom is 0.139 e. The van der Waals surface area contributed by atoms with Crippen molar-refractivity contribution in [3.8, 4) is 0 Å². The number of rotatable bonds is 10. The van der Waals surface area contributed by atoms with Gasteiger partial charge in [0.25, 0.3) is 0 Å². The summed E-state index contributed by atoms with van der Waals surface area (Å²) < 4.78 is 0. The van der Waals surface area contributed by atoms with Crippen LogP contribution in [0.1, 0.15) is 26.2 Å². The Hall–Kier alpha value is -0.530. The summed E-state index contributed by atoms with van der Waals surface area (Å²) in [5, 5.41) is 39.6. The predicted molar refractivity (Wildman–Crippen MR) is 62.5 cm³/mol. The zero-order chi connectivity index (χ0) is 13.3. The number of hydrogen-bond donors (Lipinski definition) is 5. The lowest BCUT2D eigenvalue weighted by Gasteiger charge is -2.26. The minimum absolute atomic E-state index is 0.490. The molecule has 17 heavy (non-hydrogen) atoms. The normalized spacial score (nSPS) is 18.4. The Kier molecular flexibility index (Phi) is 9.20. The molecule has 0 unspecified atom stereocenters. The molecule has 6 heteroatoms. The predicted octanol–water partition coefficient (Wildman–Crippen LogP) is -1.59. The number of carbonyl (C=O) groups excluding carboxylic acids is 1. The van der Waals surface area contributed by atoms with Crippen molar-refractivity contribution in [3.05, 3.63) is 0 Å². The molecule has 0 aromatic carbocycles. The zero-order valence-corrected chi connectivity index (χ0v) is 10.1. The Morgan fingerprint density at radius 2 is 1.82 bits per heavy atom. The van der Waals surface area contributed by atoms with Crippen LogP contribution in [0.25, 0.3) is 0 Å². The monoisotopic (exact) mass is 249 g/mol. The van der Waals surface area contributed by atoms with Crippen LogP contribution in [0.2, 0.25) is 0 Å². The van der Waals surface area contributed by atoms with Crippen LogP contribution >= 0.6 is 0 Å². The van der Waals surface area contributed by atoms with Gasteiger partial charge in [0, 0.05) is 0 Å². The van der Waals surface area contributed by atoms with Gasteiger partial charge in [-0.15, -0.1) is 0 Å². The molecular weight excluding hydrogens is 226 g/mol. The summed E-state index contributed by atoms with van der Waals surface area (Å²) in [6.07, 6.45) is -1.02. The molecule has 0 aromatic rings. The molecule has 0 saturated carbocycles. The molecule has 0 saturated heterocycles. The van der Waals surface area contributed by atoms with Crippen LogP contribution in [0, 0.1) is 0 Å². The van der Waals surface area contributed by atoms with Gasteiger partial charge in [0.2, 0.25) is 0 Å². The van der Waals surface area contributed by atoms with Gasteiger partial charge >= 0.3 is 0 Å². The summed E-state index contributed by atoms with van der Waals surface area (Å²) in [5.41, 5.74) is 0. The average molecular weight is 249 g/mol. The van der Waals surface area contributed by atoms with Crippen LogP contribution in [-0.4, -0.2) is 64.2 Å². The van der Waals surface area contributed by atoms with E-state index in [2.05, 4.69) is 5.32 Å². The number of aldehydes is 1. The van der Waals surface area contributed by atoms with Crippen molar-refractivity contribution in [1.82, 2.24) is 5.32 Å². The highest BCUT2D eigenvalue weighted by Crippen LogP contribution is 2.04. The van der Waals surface area contributed by atoms with Crippen molar-refractivity contribution in [3.63, 3.8) is 0 Å². The molecule has 0 spiro atoms. The van der Waals surface area contributed by atoms with E-state index in [9.17, 15) is 15.0 Å². The summed E-state index contributed by atoms with van der Waals surface area (Å²) >= 11 is 0. The SMILES string of the molecule is CCCCCN[C@@H](C=O)[C@@H](O)[C@@H](O)[C@H](O)CO. The molecule has 0 aliphatic heterocycles. The molecule has 102 valence electrons. The van der Waals surface area contributed by atoms with Crippen LogP contribution in [-0.2, 0) is 4.79 Å². The first-order valence-electron chi connectivity index (χ1n) is 5.92. The van der Waals surface area contributed by atoms with Gasteiger partial charge in [0.15, 0.2) is 0 Å². The third-order valence-electron chi connectivity index (χ3n) is 2.61. The smallest absolute Gasteiger partial charge is 0.139 e. The molecule has 0 radical (unpaired) electrons. The van der Waals surface area contributed by atoms with Gasteiger partial charge in [-0.3, -0.25) is 0 Å². The topological polar surface area (TPSA) is 110 Å². The van der Waals surface area contributed by atoms with Crippen LogP contribution in [0.4, 0.5) is 0 Å². The second-order valence-electron chi connectivity index (χ2n) is 4.05. The fourth-order valence-electron chi connectivity index (χ4n) is 1.44. The number of nitrogens with one attached hydrogen (secondary N) is 1. The van der Waals surface area contributed by atoms with Crippen molar-refractivity contribution >= 4 is 6.29 Å². The first-order valence-corrected chi connectivity index (χ1v) is 5.92. The lowest BCUT2D eigenvalue weighted by molar-refractivity contribution is -0.120. The number of unbranched alkanes of at least 4 members (excludes halogenated alkanes) is 2. The van der Waals surface area contributed by atoms with Gasteiger partial charge in [-0.2, -0.15) is 0 Å². The van der Waals surface area contributed by atoms with E-state index >= 15 is 0 Å². The van der Waals surface area contributed by atoms with Crippen LogP contribution < -0.4 is 5.32 Å². The van der Waals surface area contributed by atoms with E-state index in [4.69, 9.17) is 10.2 Å². The van der Waals surface area contributed by atoms with Gasteiger partial charge in [0.1, 0.15) is 24.6 Å². The Morgan fingerprint density at radius 1 is 1.18 bits per heavy atom. The van der Waals surface area contributed by atoms with Gasteiger partial charge in [-0.1, -0.05) is 19.8 Å². The van der Waals surface area contributed by atoms with E-state index < -0.39 is 31.0 Å². The minimum Gasteiger partial charge on any atom is -0.394 e. The molecule has 6 nitrogen and oxygen atoms in total. The van der Waals surface area contributed by atoms with E-state index in [0.717, 1.165) is 19.3 Å².